The van der Waals surface area contributed by atoms with E-state index in [1.807, 2.05) is 6.07 Å². The molecular formula is C23H23N3O3. The molecule has 0 spiro atoms. The molecule has 1 aliphatic heterocycles. The number of nitrogens with one attached hydrogen (secondary N) is 1. The lowest BCUT2D eigenvalue weighted by molar-refractivity contribution is 0.102. The Hall–Kier alpha value is -3.54. The van der Waals surface area contributed by atoms with Crippen molar-refractivity contribution in [3.05, 3.63) is 77.5 Å². The van der Waals surface area contributed by atoms with Crippen LogP contribution in [0.4, 0.5) is 11.5 Å². The number of hydrogen-bond donors (Lipinski definition) is 1. The van der Waals surface area contributed by atoms with Crippen LogP contribution in [-0.2, 0) is 13.0 Å². The Labute approximate surface area is 170 Å². The van der Waals surface area contributed by atoms with Gasteiger partial charge in [0.25, 0.3) is 5.91 Å². The van der Waals surface area contributed by atoms with Gasteiger partial charge in [0.15, 0.2) is 0 Å². The van der Waals surface area contributed by atoms with E-state index in [4.69, 9.17) is 9.47 Å². The Morgan fingerprint density at radius 3 is 2.66 bits per heavy atom. The quantitative estimate of drug-likeness (QED) is 0.717. The van der Waals surface area contributed by atoms with Crippen molar-refractivity contribution < 1.29 is 14.3 Å². The number of carbonyl (C=O) groups excluding carboxylic acids is 1. The number of hydrogen-bond acceptors (Lipinski definition) is 5. The number of rotatable bonds is 5. The van der Waals surface area contributed by atoms with Gasteiger partial charge in [0.2, 0.25) is 0 Å². The first-order valence-corrected chi connectivity index (χ1v) is 9.49. The molecule has 6 heteroatoms. The number of benzene rings is 2. The molecular weight excluding hydrogens is 366 g/mol. The summed E-state index contributed by atoms with van der Waals surface area (Å²) in [6, 6.07) is 17.3. The molecule has 4 rings (SSSR count). The molecule has 3 aromatic rings. The summed E-state index contributed by atoms with van der Waals surface area (Å²) in [5, 5.41) is 2.91. The first kappa shape index (κ1) is 18.8. The Morgan fingerprint density at radius 1 is 1.03 bits per heavy atom. The van der Waals surface area contributed by atoms with Gasteiger partial charge < -0.3 is 19.7 Å². The van der Waals surface area contributed by atoms with Crippen LogP contribution >= 0.6 is 0 Å². The zero-order chi connectivity index (χ0) is 20.2. The number of pyridine rings is 1. The maximum atomic E-state index is 12.8. The van der Waals surface area contributed by atoms with Crippen LogP contribution in [0.3, 0.4) is 0 Å². The number of anilines is 2. The summed E-state index contributed by atoms with van der Waals surface area (Å²) in [7, 11) is 3.15. The van der Waals surface area contributed by atoms with Gasteiger partial charge in [-0.05, 0) is 41.8 Å². The number of ether oxygens (including phenoxy) is 2. The van der Waals surface area contributed by atoms with Crippen LogP contribution in [0.5, 0.6) is 11.5 Å². The summed E-state index contributed by atoms with van der Waals surface area (Å²) >= 11 is 0. The SMILES string of the molecule is COc1ccc(NC(=O)c2ccnc(N3CCc4ccccc4C3)c2)c(OC)c1. The average molecular weight is 389 g/mol. The summed E-state index contributed by atoms with van der Waals surface area (Å²) < 4.78 is 10.6. The molecule has 0 aliphatic carbocycles. The molecule has 0 atom stereocenters. The highest BCUT2D eigenvalue weighted by Crippen LogP contribution is 2.30. The fourth-order valence-corrected chi connectivity index (χ4v) is 3.52. The summed E-state index contributed by atoms with van der Waals surface area (Å²) in [4.78, 5) is 19.5. The van der Waals surface area contributed by atoms with Crippen LogP contribution < -0.4 is 19.7 Å². The molecule has 148 valence electrons. The van der Waals surface area contributed by atoms with E-state index in [-0.39, 0.29) is 5.91 Å². The molecule has 0 radical (unpaired) electrons. The van der Waals surface area contributed by atoms with Gasteiger partial charge >= 0.3 is 0 Å². The first-order chi connectivity index (χ1) is 14.2. The summed E-state index contributed by atoms with van der Waals surface area (Å²) in [5.74, 6) is 1.79. The third kappa shape index (κ3) is 4.01. The average Bonchev–Trinajstić information content (AvgIpc) is 2.79. The number of amides is 1. The van der Waals surface area contributed by atoms with Crippen molar-refractivity contribution in [1.29, 1.82) is 0 Å². The summed E-state index contributed by atoms with van der Waals surface area (Å²) in [6.45, 7) is 1.67. The minimum Gasteiger partial charge on any atom is -0.497 e. The van der Waals surface area contributed by atoms with E-state index in [2.05, 4.69) is 39.5 Å². The molecule has 29 heavy (non-hydrogen) atoms. The molecule has 6 nitrogen and oxygen atoms in total. The second-order valence-electron chi connectivity index (χ2n) is 6.86. The predicted octanol–water partition coefficient (Wildman–Crippen LogP) is 3.91. The van der Waals surface area contributed by atoms with Crippen LogP contribution in [0.25, 0.3) is 0 Å². The minimum absolute atomic E-state index is 0.213. The van der Waals surface area contributed by atoms with E-state index in [9.17, 15) is 4.79 Å². The topological polar surface area (TPSA) is 63.7 Å². The maximum Gasteiger partial charge on any atom is 0.255 e. The van der Waals surface area contributed by atoms with Crippen molar-refractivity contribution in [3.63, 3.8) is 0 Å². The van der Waals surface area contributed by atoms with E-state index < -0.39 is 0 Å². The molecule has 0 bridgehead atoms. The highest BCUT2D eigenvalue weighted by atomic mass is 16.5. The standard InChI is InChI=1S/C23H23N3O3/c1-28-19-7-8-20(21(14-19)29-2)25-23(27)17-9-11-24-22(13-17)26-12-10-16-5-3-4-6-18(16)15-26/h3-9,11,13-14H,10,12,15H2,1-2H3,(H,25,27). The number of aromatic nitrogens is 1. The Balaban J connectivity index is 1.53. The highest BCUT2D eigenvalue weighted by molar-refractivity contribution is 6.05. The van der Waals surface area contributed by atoms with Gasteiger partial charge in [0.05, 0.1) is 19.9 Å². The fraction of sp³-hybridized carbons (Fsp3) is 0.217. The first-order valence-electron chi connectivity index (χ1n) is 9.49. The van der Waals surface area contributed by atoms with Gasteiger partial charge in [0.1, 0.15) is 17.3 Å². The number of methoxy groups -OCH3 is 2. The Morgan fingerprint density at radius 2 is 1.86 bits per heavy atom. The lowest BCUT2D eigenvalue weighted by atomic mass is 10.00. The molecule has 0 saturated heterocycles. The molecule has 1 N–H and O–H groups in total. The van der Waals surface area contributed by atoms with Gasteiger partial charge in [-0.1, -0.05) is 24.3 Å². The smallest absolute Gasteiger partial charge is 0.255 e. The Bertz CT molecular complexity index is 1040. The van der Waals surface area contributed by atoms with Crippen molar-refractivity contribution in [2.75, 3.05) is 31.0 Å². The van der Waals surface area contributed by atoms with Crippen molar-refractivity contribution in [1.82, 2.24) is 4.98 Å². The lowest BCUT2D eigenvalue weighted by Crippen LogP contribution is -2.31. The van der Waals surface area contributed by atoms with Gasteiger partial charge in [-0.15, -0.1) is 0 Å². The van der Waals surface area contributed by atoms with Crippen molar-refractivity contribution in [2.24, 2.45) is 0 Å². The van der Waals surface area contributed by atoms with E-state index in [1.54, 1.807) is 44.7 Å². The molecule has 0 saturated carbocycles. The predicted molar refractivity (Wildman–Crippen MR) is 113 cm³/mol. The molecule has 2 heterocycles. The third-order valence-electron chi connectivity index (χ3n) is 5.12. The van der Waals surface area contributed by atoms with Crippen LogP contribution in [0.15, 0.2) is 60.8 Å². The summed E-state index contributed by atoms with van der Waals surface area (Å²) in [5.41, 5.74) is 3.82. The van der Waals surface area contributed by atoms with E-state index in [1.165, 1.54) is 11.1 Å². The van der Waals surface area contributed by atoms with E-state index in [0.717, 1.165) is 25.3 Å². The largest absolute Gasteiger partial charge is 0.497 e. The molecule has 0 fully saturated rings. The summed E-state index contributed by atoms with van der Waals surface area (Å²) in [6.07, 6.45) is 2.65. The monoisotopic (exact) mass is 389 g/mol. The highest BCUT2D eigenvalue weighted by Gasteiger charge is 2.18. The number of nitrogens with zero attached hydrogens (tertiary/aromatic N) is 2. The van der Waals surface area contributed by atoms with Gasteiger partial charge in [-0.3, -0.25) is 4.79 Å². The third-order valence-corrected chi connectivity index (χ3v) is 5.12. The normalized spacial score (nSPS) is 12.8. The second kappa shape index (κ2) is 8.22. The maximum absolute atomic E-state index is 12.8. The van der Waals surface area contributed by atoms with Crippen LogP contribution in [0.2, 0.25) is 0 Å². The number of carbonyl (C=O) groups is 1. The molecule has 2 aromatic carbocycles. The molecule has 1 aliphatic rings. The molecule has 1 amide bonds. The van der Waals surface area contributed by atoms with Crippen molar-refractivity contribution in [2.45, 2.75) is 13.0 Å². The fourth-order valence-electron chi connectivity index (χ4n) is 3.52. The van der Waals surface area contributed by atoms with Crippen LogP contribution in [0, 0.1) is 0 Å². The second-order valence-corrected chi connectivity index (χ2v) is 6.86. The molecule has 1 aromatic heterocycles. The van der Waals surface area contributed by atoms with Gasteiger partial charge in [-0.2, -0.15) is 0 Å². The zero-order valence-electron chi connectivity index (χ0n) is 16.5. The molecule has 0 unspecified atom stereocenters. The minimum atomic E-state index is -0.213. The van der Waals surface area contributed by atoms with Crippen LogP contribution in [0.1, 0.15) is 21.5 Å². The van der Waals surface area contributed by atoms with E-state index >= 15 is 0 Å². The van der Waals surface area contributed by atoms with E-state index in [0.29, 0.717) is 22.7 Å². The van der Waals surface area contributed by atoms with Gasteiger partial charge in [0, 0.05) is 30.9 Å². The van der Waals surface area contributed by atoms with Crippen molar-refractivity contribution in [3.8, 4) is 11.5 Å². The van der Waals surface area contributed by atoms with Crippen molar-refractivity contribution >= 4 is 17.4 Å². The zero-order valence-corrected chi connectivity index (χ0v) is 16.5. The van der Waals surface area contributed by atoms with Crippen LogP contribution in [-0.4, -0.2) is 31.7 Å². The van der Waals surface area contributed by atoms with Gasteiger partial charge in [-0.25, -0.2) is 4.98 Å². The Kier molecular flexibility index (Phi) is 5.33. The lowest BCUT2D eigenvalue weighted by Gasteiger charge is -2.29. The number of fused-ring (bicyclic) bond motifs is 1.